The van der Waals surface area contributed by atoms with Crippen LogP contribution in [0.3, 0.4) is 0 Å². The van der Waals surface area contributed by atoms with Crippen LogP contribution < -0.4 is 5.32 Å². The maximum atomic E-state index is 11.3. The number of ketones is 1. The number of benzene rings is 1. The van der Waals surface area contributed by atoms with E-state index < -0.39 is 5.92 Å². The van der Waals surface area contributed by atoms with Crippen molar-refractivity contribution in [3.63, 3.8) is 0 Å². The van der Waals surface area contributed by atoms with Gasteiger partial charge in [0.2, 0.25) is 5.91 Å². The van der Waals surface area contributed by atoms with E-state index in [-0.39, 0.29) is 18.2 Å². The van der Waals surface area contributed by atoms with Gasteiger partial charge in [-0.25, -0.2) is 0 Å². The Morgan fingerprint density at radius 2 is 1.85 bits per heavy atom. The number of amides is 1. The lowest BCUT2D eigenvalue weighted by molar-refractivity contribution is -0.124. The minimum Gasteiger partial charge on any atom is -0.348 e. The largest absolute Gasteiger partial charge is 0.348 e. The standard InChI is InChI=1S/C10H9NO2/c12-8-6-11-10(13)9(8)7-4-2-1-3-5-7/h1-5,9H,6H2,(H,11,13). The van der Waals surface area contributed by atoms with Gasteiger partial charge in [0.25, 0.3) is 0 Å². The van der Waals surface area contributed by atoms with E-state index >= 15 is 0 Å². The first-order valence-corrected chi connectivity index (χ1v) is 4.14. The lowest BCUT2D eigenvalue weighted by atomic mass is 9.97. The molecule has 0 radical (unpaired) electrons. The zero-order chi connectivity index (χ0) is 9.26. The summed E-state index contributed by atoms with van der Waals surface area (Å²) in [4.78, 5) is 22.6. The van der Waals surface area contributed by atoms with Gasteiger partial charge in [-0.05, 0) is 5.56 Å². The number of carbonyl (C=O) groups excluding carboxylic acids is 2. The zero-order valence-electron chi connectivity index (χ0n) is 6.99. The average molecular weight is 175 g/mol. The van der Waals surface area contributed by atoms with Crippen LogP contribution in [0.2, 0.25) is 0 Å². The Hall–Kier alpha value is -1.64. The molecular weight excluding hydrogens is 166 g/mol. The lowest BCUT2D eigenvalue weighted by Gasteiger charge is -2.04. The van der Waals surface area contributed by atoms with E-state index in [0.717, 1.165) is 5.56 Å². The van der Waals surface area contributed by atoms with Gasteiger partial charge in [0, 0.05) is 0 Å². The summed E-state index contributed by atoms with van der Waals surface area (Å²) in [6.07, 6.45) is 0. The van der Waals surface area contributed by atoms with Gasteiger partial charge < -0.3 is 5.32 Å². The molecule has 1 N–H and O–H groups in total. The smallest absolute Gasteiger partial charge is 0.235 e. The molecule has 2 rings (SSSR count). The van der Waals surface area contributed by atoms with Crippen LogP contribution in [0.4, 0.5) is 0 Å². The Morgan fingerprint density at radius 1 is 1.15 bits per heavy atom. The molecule has 3 nitrogen and oxygen atoms in total. The van der Waals surface area contributed by atoms with Crippen molar-refractivity contribution in [2.45, 2.75) is 5.92 Å². The first kappa shape index (κ1) is 7.98. The summed E-state index contributed by atoms with van der Waals surface area (Å²) < 4.78 is 0. The molecule has 0 aromatic heterocycles. The number of Topliss-reactive ketones (excluding diaryl/α,β-unsaturated/α-hetero) is 1. The van der Waals surface area contributed by atoms with Gasteiger partial charge in [0.05, 0.1) is 6.54 Å². The molecule has 1 saturated heterocycles. The summed E-state index contributed by atoms with van der Waals surface area (Å²) in [6, 6.07) is 9.12. The van der Waals surface area contributed by atoms with Crippen molar-refractivity contribution in [1.29, 1.82) is 0 Å². The summed E-state index contributed by atoms with van der Waals surface area (Å²) in [5.74, 6) is -0.811. The summed E-state index contributed by atoms with van der Waals surface area (Å²) in [6.45, 7) is 0.165. The molecule has 0 aliphatic carbocycles. The Kier molecular flexibility index (Phi) is 1.85. The number of rotatable bonds is 1. The molecule has 1 aliphatic rings. The predicted octanol–water partition coefficient (Wildman–Crippen LogP) is 0.469. The number of hydrogen-bond donors (Lipinski definition) is 1. The third-order valence-corrected chi connectivity index (χ3v) is 2.15. The second-order valence-corrected chi connectivity index (χ2v) is 3.03. The summed E-state index contributed by atoms with van der Waals surface area (Å²) in [5.41, 5.74) is 0.780. The molecule has 0 bridgehead atoms. The van der Waals surface area contributed by atoms with Crippen LogP contribution in [0.25, 0.3) is 0 Å². The minimum atomic E-state index is -0.582. The molecule has 1 amide bonds. The first-order valence-electron chi connectivity index (χ1n) is 4.14. The highest BCUT2D eigenvalue weighted by molar-refractivity contribution is 6.13. The SMILES string of the molecule is O=C1CNC(=O)C1c1ccccc1. The Balaban J connectivity index is 2.36. The van der Waals surface area contributed by atoms with Crippen molar-refractivity contribution in [3.05, 3.63) is 35.9 Å². The third-order valence-electron chi connectivity index (χ3n) is 2.15. The third kappa shape index (κ3) is 1.33. The van der Waals surface area contributed by atoms with Crippen LogP contribution >= 0.6 is 0 Å². The van der Waals surface area contributed by atoms with Gasteiger partial charge in [-0.3, -0.25) is 9.59 Å². The molecule has 1 aromatic rings. The van der Waals surface area contributed by atoms with Gasteiger partial charge in [0.15, 0.2) is 5.78 Å². The Labute approximate surface area is 75.8 Å². The monoisotopic (exact) mass is 175 g/mol. The van der Waals surface area contributed by atoms with Crippen molar-refractivity contribution >= 4 is 11.7 Å². The molecular formula is C10H9NO2. The van der Waals surface area contributed by atoms with Crippen LogP contribution in [0.5, 0.6) is 0 Å². The van der Waals surface area contributed by atoms with E-state index in [1.54, 1.807) is 12.1 Å². The topological polar surface area (TPSA) is 46.2 Å². The highest BCUT2D eigenvalue weighted by atomic mass is 16.2. The normalized spacial score (nSPS) is 21.7. The number of hydrogen-bond acceptors (Lipinski definition) is 2. The van der Waals surface area contributed by atoms with Gasteiger partial charge in [-0.1, -0.05) is 30.3 Å². The molecule has 1 unspecified atom stereocenters. The summed E-state index contributed by atoms with van der Waals surface area (Å²) >= 11 is 0. The van der Waals surface area contributed by atoms with Crippen LogP contribution in [0, 0.1) is 0 Å². The molecule has 0 saturated carbocycles. The van der Waals surface area contributed by atoms with Crippen molar-refractivity contribution < 1.29 is 9.59 Å². The van der Waals surface area contributed by atoms with Gasteiger partial charge in [-0.2, -0.15) is 0 Å². The molecule has 13 heavy (non-hydrogen) atoms. The van der Waals surface area contributed by atoms with E-state index in [4.69, 9.17) is 0 Å². The van der Waals surface area contributed by atoms with E-state index in [0.29, 0.717) is 0 Å². The Bertz CT molecular complexity index is 329. The molecule has 3 heteroatoms. The molecule has 1 fully saturated rings. The minimum absolute atomic E-state index is 0.0452. The van der Waals surface area contributed by atoms with Crippen molar-refractivity contribution in [1.82, 2.24) is 5.32 Å². The van der Waals surface area contributed by atoms with Gasteiger partial charge in [-0.15, -0.1) is 0 Å². The summed E-state index contributed by atoms with van der Waals surface area (Å²) in [7, 11) is 0. The van der Waals surface area contributed by atoms with Crippen molar-refractivity contribution in [2.75, 3.05) is 6.54 Å². The van der Waals surface area contributed by atoms with Crippen LogP contribution in [-0.2, 0) is 9.59 Å². The van der Waals surface area contributed by atoms with E-state index in [2.05, 4.69) is 5.32 Å². The lowest BCUT2D eigenvalue weighted by Crippen LogP contribution is -2.18. The van der Waals surface area contributed by atoms with Gasteiger partial charge >= 0.3 is 0 Å². The maximum Gasteiger partial charge on any atom is 0.235 e. The average Bonchev–Trinajstić information content (AvgIpc) is 2.48. The summed E-state index contributed by atoms with van der Waals surface area (Å²) in [5, 5.41) is 2.53. The van der Waals surface area contributed by atoms with Crippen molar-refractivity contribution in [2.24, 2.45) is 0 Å². The highest BCUT2D eigenvalue weighted by Crippen LogP contribution is 2.19. The zero-order valence-corrected chi connectivity index (χ0v) is 6.99. The molecule has 1 atom stereocenters. The predicted molar refractivity (Wildman–Crippen MR) is 47.2 cm³/mol. The molecule has 66 valence electrons. The second-order valence-electron chi connectivity index (χ2n) is 3.03. The fraction of sp³-hybridized carbons (Fsp3) is 0.200. The molecule has 1 heterocycles. The Morgan fingerprint density at radius 3 is 2.38 bits per heavy atom. The van der Waals surface area contributed by atoms with Crippen molar-refractivity contribution in [3.8, 4) is 0 Å². The first-order chi connectivity index (χ1) is 6.29. The number of nitrogens with one attached hydrogen (secondary N) is 1. The van der Waals surface area contributed by atoms with Crippen LogP contribution in [0.1, 0.15) is 11.5 Å². The molecule has 1 aromatic carbocycles. The quantitative estimate of drug-likeness (QED) is 0.630. The molecule has 0 spiro atoms. The van der Waals surface area contributed by atoms with E-state index in [9.17, 15) is 9.59 Å². The molecule has 1 aliphatic heterocycles. The highest BCUT2D eigenvalue weighted by Gasteiger charge is 2.33. The fourth-order valence-corrected chi connectivity index (χ4v) is 1.51. The van der Waals surface area contributed by atoms with Crippen LogP contribution in [0.15, 0.2) is 30.3 Å². The maximum absolute atomic E-state index is 11.3. The fourth-order valence-electron chi connectivity index (χ4n) is 1.51. The van der Waals surface area contributed by atoms with E-state index in [1.807, 2.05) is 18.2 Å². The second kappa shape index (κ2) is 3.01. The van der Waals surface area contributed by atoms with Gasteiger partial charge in [0.1, 0.15) is 5.92 Å². The van der Waals surface area contributed by atoms with E-state index in [1.165, 1.54) is 0 Å². The van der Waals surface area contributed by atoms with Crippen LogP contribution in [-0.4, -0.2) is 18.2 Å². The number of carbonyl (C=O) groups is 2.